The Morgan fingerprint density at radius 3 is 2.34 bits per heavy atom. The van der Waals surface area contributed by atoms with Crippen LogP contribution in [0.3, 0.4) is 0 Å². The van der Waals surface area contributed by atoms with Gasteiger partial charge in [0.2, 0.25) is 5.91 Å². The fraction of sp³-hybridized carbons (Fsp3) is 0.636. The molecule has 1 fully saturated rings. The monoisotopic (exact) mass is 438 g/mol. The highest BCUT2D eigenvalue weighted by Crippen LogP contribution is 2.44. The van der Waals surface area contributed by atoms with E-state index in [2.05, 4.69) is 12.2 Å². The summed E-state index contributed by atoms with van der Waals surface area (Å²) in [6, 6.07) is 8.87. The largest absolute Gasteiger partial charge is 0.465 e. The summed E-state index contributed by atoms with van der Waals surface area (Å²) < 4.78 is 5.29. The number of carbonyl (C=O) groups excluding carboxylic acids is 2. The van der Waals surface area contributed by atoms with Crippen molar-refractivity contribution in [2.75, 3.05) is 24.7 Å². The molecule has 0 radical (unpaired) electrons. The van der Waals surface area contributed by atoms with Gasteiger partial charge in [0.25, 0.3) is 0 Å². The summed E-state index contributed by atoms with van der Waals surface area (Å²) in [4.78, 5) is 27.7. The molecule has 0 bridgehead atoms. The standard InChI is InChI=1S/C22H34N2O3S2/c1-6-27-21(26)19(14-18-10-8-7-9-11-18)23-17(4)20(25)24(16(2)3)15-22(5)28-12-13-29-22/h7-11,16-17,19,23H,6,12-15H2,1-5H3. The molecule has 29 heavy (non-hydrogen) atoms. The molecule has 1 N–H and O–H groups in total. The molecular weight excluding hydrogens is 404 g/mol. The quantitative estimate of drug-likeness (QED) is 0.564. The van der Waals surface area contributed by atoms with Crippen LogP contribution in [-0.2, 0) is 20.7 Å². The van der Waals surface area contributed by atoms with E-state index in [-0.39, 0.29) is 22.0 Å². The van der Waals surface area contributed by atoms with Crippen LogP contribution in [0.2, 0.25) is 0 Å². The molecule has 2 atom stereocenters. The maximum Gasteiger partial charge on any atom is 0.323 e. The van der Waals surface area contributed by atoms with Crippen LogP contribution in [0, 0.1) is 0 Å². The minimum Gasteiger partial charge on any atom is -0.465 e. The Hall–Kier alpha value is -1.18. The number of nitrogens with one attached hydrogen (secondary N) is 1. The Bertz CT molecular complexity index is 663. The molecule has 1 amide bonds. The average Bonchev–Trinajstić information content (AvgIpc) is 3.12. The van der Waals surface area contributed by atoms with Gasteiger partial charge in [-0.05, 0) is 46.6 Å². The Balaban J connectivity index is 2.09. The number of carbonyl (C=O) groups is 2. The lowest BCUT2D eigenvalue weighted by molar-refractivity contribution is -0.146. The summed E-state index contributed by atoms with van der Waals surface area (Å²) in [5, 5.41) is 3.24. The van der Waals surface area contributed by atoms with Crippen molar-refractivity contribution in [2.24, 2.45) is 0 Å². The summed E-state index contributed by atoms with van der Waals surface area (Å²) in [6.45, 7) is 11.0. The van der Waals surface area contributed by atoms with Crippen LogP contribution < -0.4 is 5.32 Å². The summed E-state index contributed by atoms with van der Waals surface area (Å²) in [5.41, 5.74) is 1.03. The van der Waals surface area contributed by atoms with Crippen molar-refractivity contribution in [3.05, 3.63) is 35.9 Å². The van der Waals surface area contributed by atoms with Crippen LogP contribution in [0.15, 0.2) is 30.3 Å². The number of amides is 1. The first-order valence-corrected chi connectivity index (χ1v) is 12.3. The van der Waals surface area contributed by atoms with E-state index in [1.54, 1.807) is 6.92 Å². The minimum atomic E-state index is -0.559. The van der Waals surface area contributed by atoms with Crippen molar-refractivity contribution in [3.8, 4) is 0 Å². The lowest BCUT2D eigenvalue weighted by Crippen LogP contribution is -2.55. The van der Waals surface area contributed by atoms with Crippen LogP contribution in [0.1, 0.15) is 40.2 Å². The molecule has 0 aliphatic carbocycles. The van der Waals surface area contributed by atoms with E-state index in [4.69, 9.17) is 4.74 Å². The van der Waals surface area contributed by atoms with Gasteiger partial charge in [-0.1, -0.05) is 30.3 Å². The SMILES string of the molecule is CCOC(=O)C(Cc1ccccc1)NC(C)C(=O)N(CC1(C)SCCS1)C(C)C. The summed E-state index contributed by atoms with van der Waals surface area (Å²) in [6.07, 6.45) is 0.488. The molecule has 1 aliphatic heterocycles. The second kappa shape index (κ2) is 11.3. The summed E-state index contributed by atoms with van der Waals surface area (Å²) in [7, 11) is 0. The van der Waals surface area contributed by atoms with Crippen molar-refractivity contribution < 1.29 is 14.3 Å². The Kier molecular flexibility index (Phi) is 9.37. The molecule has 2 unspecified atom stereocenters. The number of esters is 1. The molecule has 5 nitrogen and oxygen atoms in total. The molecule has 7 heteroatoms. The number of hydrogen-bond acceptors (Lipinski definition) is 6. The smallest absolute Gasteiger partial charge is 0.323 e. The predicted octanol–water partition coefficient (Wildman–Crippen LogP) is 3.57. The van der Waals surface area contributed by atoms with Gasteiger partial charge in [-0.3, -0.25) is 14.9 Å². The zero-order valence-corrected chi connectivity index (χ0v) is 19.8. The molecule has 1 aliphatic rings. The summed E-state index contributed by atoms with van der Waals surface area (Å²) >= 11 is 3.84. The van der Waals surface area contributed by atoms with E-state index in [1.165, 1.54) is 0 Å². The maximum atomic E-state index is 13.3. The first kappa shape index (κ1) is 24.1. The molecule has 2 rings (SSSR count). The molecule has 0 spiro atoms. The first-order valence-electron chi connectivity index (χ1n) is 10.3. The number of ether oxygens (including phenoxy) is 1. The van der Waals surface area contributed by atoms with Gasteiger partial charge >= 0.3 is 5.97 Å². The average molecular weight is 439 g/mol. The minimum absolute atomic E-state index is 0.0247. The highest BCUT2D eigenvalue weighted by molar-refractivity contribution is 8.21. The fourth-order valence-corrected chi connectivity index (χ4v) is 6.22. The van der Waals surface area contributed by atoms with Crippen molar-refractivity contribution in [1.82, 2.24) is 10.2 Å². The molecule has 1 aromatic carbocycles. The highest BCUT2D eigenvalue weighted by Gasteiger charge is 2.36. The second-order valence-electron chi connectivity index (χ2n) is 7.77. The number of thioether (sulfide) groups is 2. The van der Waals surface area contributed by atoms with E-state index in [1.807, 2.05) is 79.5 Å². The third kappa shape index (κ3) is 7.23. The van der Waals surface area contributed by atoms with E-state index in [0.717, 1.165) is 17.1 Å². The fourth-order valence-electron chi connectivity index (χ4n) is 3.40. The van der Waals surface area contributed by atoms with E-state index in [0.29, 0.717) is 19.6 Å². The lowest BCUT2D eigenvalue weighted by Gasteiger charge is -2.36. The van der Waals surface area contributed by atoms with Gasteiger partial charge in [-0.2, -0.15) is 0 Å². The van der Waals surface area contributed by atoms with E-state index < -0.39 is 12.1 Å². The first-order chi connectivity index (χ1) is 13.8. The number of nitrogens with zero attached hydrogens (tertiary/aromatic N) is 1. The van der Waals surface area contributed by atoms with Crippen LogP contribution >= 0.6 is 23.5 Å². The molecule has 0 aromatic heterocycles. The molecule has 1 saturated heterocycles. The Morgan fingerprint density at radius 2 is 1.79 bits per heavy atom. The topological polar surface area (TPSA) is 58.6 Å². The zero-order valence-electron chi connectivity index (χ0n) is 18.1. The van der Waals surface area contributed by atoms with E-state index >= 15 is 0 Å². The molecule has 162 valence electrons. The van der Waals surface area contributed by atoms with Crippen LogP contribution in [0.4, 0.5) is 0 Å². The lowest BCUT2D eigenvalue weighted by atomic mass is 10.0. The molecular formula is C22H34N2O3S2. The Labute approximate surface area is 183 Å². The van der Waals surface area contributed by atoms with Crippen molar-refractivity contribution in [2.45, 2.75) is 63.2 Å². The molecule has 0 saturated carbocycles. The van der Waals surface area contributed by atoms with Gasteiger partial charge in [0, 0.05) is 24.1 Å². The van der Waals surface area contributed by atoms with Gasteiger partial charge in [-0.25, -0.2) is 0 Å². The van der Waals surface area contributed by atoms with Gasteiger partial charge < -0.3 is 9.64 Å². The third-order valence-corrected chi connectivity index (χ3v) is 8.20. The molecule has 1 heterocycles. The molecule has 1 aromatic rings. The highest BCUT2D eigenvalue weighted by atomic mass is 32.2. The number of hydrogen-bond donors (Lipinski definition) is 1. The van der Waals surface area contributed by atoms with Crippen molar-refractivity contribution >= 4 is 35.4 Å². The Morgan fingerprint density at radius 1 is 1.17 bits per heavy atom. The van der Waals surface area contributed by atoms with Crippen LogP contribution in [0.25, 0.3) is 0 Å². The third-order valence-electron chi connectivity index (χ3n) is 4.94. The van der Waals surface area contributed by atoms with Gasteiger partial charge in [0.1, 0.15) is 6.04 Å². The predicted molar refractivity (Wildman–Crippen MR) is 123 cm³/mol. The second-order valence-corrected chi connectivity index (χ2v) is 11.2. The summed E-state index contributed by atoms with van der Waals surface area (Å²) in [5.74, 6) is 1.95. The van der Waals surface area contributed by atoms with Crippen molar-refractivity contribution in [1.29, 1.82) is 0 Å². The maximum absolute atomic E-state index is 13.3. The number of benzene rings is 1. The van der Waals surface area contributed by atoms with Crippen molar-refractivity contribution in [3.63, 3.8) is 0 Å². The number of rotatable bonds is 10. The van der Waals surface area contributed by atoms with Gasteiger partial charge in [0.15, 0.2) is 0 Å². The van der Waals surface area contributed by atoms with Gasteiger partial charge in [0.05, 0.1) is 16.7 Å². The van der Waals surface area contributed by atoms with E-state index in [9.17, 15) is 9.59 Å². The van der Waals surface area contributed by atoms with Gasteiger partial charge in [-0.15, -0.1) is 23.5 Å². The normalized spacial score (nSPS) is 17.7. The zero-order chi connectivity index (χ0) is 21.4. The van der Waals surface area contributed by atoms with Crippen LogP contribution in [-0.4, -0.2) is 63.6 Å². The van der Waals surface area contributed by atoms with Crippen LogP contribution in [0.5, 0.6) is 0 Å².